The van der Waals surface area contributed by atoms with Crippen LogP contribution in [-0.4, -0.2) is 69.2 Å². The van der Waals surface area contributed by atoms with Crippen molar-refractivity contribution in [1.29, 1.82) is 0 Å². The minimum Gasteiger partial charge on any atom is -0.377 e. The summed E-state index contributed by atoms with van der Waals surface area (Å²) in [6.45, 7) is 7.94. The van der Waals surface area contributed by atoms with Crippen molar-refractivity contribution < 1.29 is 4.74 Å². The van der Waals surface area contributed by atoms with Gasteiger partial charge < -0.3 is 9.64 Å². The van der Waals surface area contributed by atoms with Gasteiger partial charge in [0, 0.05) is 31.6 Å². The van der Waals surface area contributed by atoms with Crippen LogP contribution in [0.4, 0.5) is 5.69 Å². The van der Waals surface area contributed by atoms with Gasteiger partial charge in [0.1, 0.15) is 5.69 Å². The number of nitrogens with zero attached hydrogens (tertiary/aromatic N) is 6. The molecule has 1 unspecified atom stereocenters. The lowest BCUT2D eigenvalue weighted by Gasteiger charge is -2.50. The Hall–Kier alpha value is -0.930. The van der Waals surface area contributed by atoms with E-state index in [9.17, 15) is 0 Å². The molecule has 0 radical (unpaired) electrons. The summed E-state index contributed by atoms with van der Waals surface area (Å²) in [6, 6.07) is 4.19. The first-order valence-corrected chi connectivity index (χ1v) is 13.7. The minimum atomic E-state index is 0.206. The van der Waals surface area contributed by atoms with E-state index in [0.29, 0.717) is 6.37 Å². The Balaban J connectivity index is 1.43. The van der Waals surface area contributed by atoms with Gasteiger partial charge in [-0.25, -0.2) is 9.13 Å². The minimum absolute atomic E-state index is 0.206. The summed E-state index contributed by atoms with van der Waals surface area (Å²) in [4.78, 5) is 4.93. The van der Waals surface area contributed by atoms with Crippen LogP contribution in [0.2, 0.25) is 5.02 Å². The van der Waals surface area contributed by atoms with Gasteiger partial charge in [0.25, 0.3) is 0 Å². The van der Waals surface area contributed by atoms with E-state index >= 15 is 0 Å². The molecule has 0 N–H and O–H groups in total. The quantitative estimate of drug-likeness (QED) is 0.381. The number of anilines is 1. The van der Waals surface area contributed by atoms with E-state index in [4.69, 9.17) is 16.3 Å². The molecule has 0 amide bonds. The average Bonchev–Trinajstić information content (AvgIpc) is 3.32. The molecule has 2 aromatic heterocycles. The van der Waals surface area contributed by atoms with Gasteiger partial charge in [0.15, 0.2) is 0 Å². The SMILES string of the molecule is CC1(N2CCN(c3cc4c(cnn4-c4cnn(PI)c4)cc3Cl)CC2)COC1. The fraction of sp³-hybridized carbons (Fsp3) is 0.444. The Kier molecular flexibility index (Phi) is 5.03. The number of ether oxygens (including phenoxy) is 1. The fourth-order valence-electron chi connectivity index (χ4n) is 4.02. The highest BCUT2D eigenvalue weighted by Crippen LogP contribution is 2.34. The zero-order chi connectivity index (χ0) is 19.3. The molecule has 1 aromatic carbocycles. The molecule has 0 aliphatic carbocycles. The number of rotatable bonds is 4. The third-order valence-corrected chi connectivity index (χ3v) is 7.95. The molecule has 10 heteroatoms. The van der Waals surface area contributed by atoms with Gasteiger partial charge >= 0.3 is 0 Å². The highest BCUT2D eigenvalue weighted by molar-refractivity contribution is 14.2. The first kappa shape index (κ1) is 19.1. The second kappa shape index (κ2) is 7.40. The van der Waals surface area contributed by atoms with Gasteiger partial charge in [-0.15, -0.1) is 0 Å². The van der Waals surface area contributed by atoms with E-state index in [-0.39, 0.29) is 5.54 Å². The summed E-state index contributed by atoms with van der Waals surface area (Å²) in [6.07, 6.45) is 6.31. The standard InChI is InChI=1S/C18H21ClIN6OP/c1-18(11-27-12-18)24-4-2-23(3-5-24)17-7-16-13(6-15(17)19)8-22-26(16)14-9-21-25(10-14)28-20/h6-10,28H,2-5,11-12H2,1H3. The number of fused-ring (bicyclic) bond motifs is 1. The number of benzene rings is 1. The van der Waals surface area contributed by atoms with Crippen molar-refractivity contribution in [3.8, 4) is 5.69 Å². The van der Waals surface area contributed by atoms with E-state index in [1.165, 1.54) is 0 Å². The summed E-state index contributed by atoms with van der Waals surface area (Å²) in [5.74, 6) is 0. The maximum absolute atomic E-state index is 6.65. The van der Waals surface area contributed by atoms with E-state index in [1.54, 1.807) is 0 Å². The van der Waals surface area contributed by atoms with Gasteiger partial charge in [0.05, 0.1) is 59.9 Å². The third kappa shape index (κ3) is 3.23. The van der Waals surface area contributed by atoms with Crippen LogP contribution in [0.25, 0.3) is 16.6 Å². The van der Waals surface area contributed by atoms with Crippen LogP contribution in [0, 0.1) is 0 Å². The van der Waals surface area contributed by atoms with Crippen LogP contribution in [0.15, 0.2) is 30.7 Å². The normalized spacial score (nSPS) is 20.3. The number of aromatic nitrogens is 4. The summed E-state index contributed by atoms with van der Waals surface area (Å²) >= 11 is 8.97. The van der Waals surface area contributed by atoms with Crippen molar-refractivity contribution in [2.75, 3.05) is 44.3 Å². The highest BCUT2D eigenvalue weighted by atomic mass is 127. The Labute approximate surface area is 183 Å². The molecule has 2 saturated heterocycles. The maximum Gasteiger partial charge on any atom is 0.104 e. The Morgan fingerprint density at radius 3 is 2.57 bits per heavy atom. The van der Waals surface area contributed by atoms with Crippen LogP contribution >= 0.6 is 40.0 Å². The van der Waals surface area contributed by atoms with Crippen molar-refractivity contribution >= 4 is 56.6 Å². The lowest BCUT2D eigenvalue weighted by Crippen LogP contribution is -2.64. The molecule has 1 atom stereocenters. The van der Waals surface area contributed by atoms with Crippen molar-refractivity contribution in [2.45, 2.75) is 12.5 Å². The monoisotopic (exact) mass is 530 g/mol. The molecule has 2 aliphatic heterocycles. The molecule has 0 bridgehead atoms. The van der Waals surface area contributed by atoms with Crippen molar-refractivity contribution in [1.82, 2.24) is 24.2 Å². The molecule has 5 rings (SSSR count). The lowest BCUT2D eigenvalue weighted by atomic mass is 9.97. The topological polar surface area (TPSA) is 51.3 Å². The van der Waals surface area contributed by atoms with Gasteiger partial charge in [-0.1, -0.05) is 11.6 Å². The zero-order valence-electron chi connectivity index (χ0n) is 15.5. The largest absolute Gasteiger partial charge is 0.377 e. The lowest BCUT2D eigenvalue weighted by molar-refractivity contribution is -0.131. The second-order valence-electron chi connectivity index (χ2n) is 7.61. The van der Waals surface area contributed by atoms with Crippen LogP contribution < -0.4 is 4.90 Å². The first-order chi connectivity index (χ1) is 13.6. The zero-order valence-corrected chi connectivity index (χ0v) is 19.4. The predicted molar refractivity (Wildman–Crippen MR) is 123 cm³/mol. The summed E-state index contributed by atoms with van der Waals surface area (Å²) in [7, 11) is 0. The van der Waals surface area contributed by atoms with Crippen LogP contribution in [-0.2, 0) is 4.74 Å². The van der Waals surface area contributed by atoms with Gasteiger partial charge in [0.2, 0.25) is 0 Å². The van der Waals surface area contributed by atoms with E-state index < -0.39 is 0 Å². The first-order valence-electron chi connectivity index (χ1n) is 9.24. The molecule has 2 aliphatic rings. The Morgan fingerprint density at radius 1 is 1.14 bits per heavy atom. The molecule has 148 valence electrons. The van der Waals surface area contributed by atoms with Crippen LogP contribution in [0.1, 0.15) is 6.92 Å². The predicted octanol–water partition coefficient (Wildman–Crippen LogP) is 3.58. The molecular weight excluding hydrogens is 510 g/mol. The van der Waals surface area contributed by atoms with E-state index in [1.807, 2.05) is 33.8 Å². The smallest absolute Gasteiger partial charge is 0.104 e. The Morgan fingerprint density at radius 2 is 1.93 bits per heavy atom. The summed E-state index contributed by atoms with van der Waals surface area (Å²) in [5.41, 5.74) is 3.30. The molecule has 7 nitrogen and oxygen atoms in total. The van der Waals surface area contributed by atoms with E-state index in [2.05, 4.69) is 55.0 Å². The number of piperazine rings is 1. The van der Waals surface area contributed by atoms with Crippen molar-refractivity contribution in [3.05, 3.63) is 35.7 Å². The highest BCUT2D eigenvalue weighted by Gasteiger charge is 2.40. The number of halogens is 2. The molecular formula is C18H21ClIN6OP. The van der Waals surface area contributed by atoms with Crippen molar-refractivity contribution in [3.63, 3.8) is 0 Å². The number of hydrogen-bond donors (Lipinski definition) is 0. The van der Waals surface area contributed by atoms with E-state index in [0.717, 1.165) is 66.7 Å². The molecule has 3 aromatic rings. The number of hydrogen-bond acceptors (Lipinski definition) is 5. The van der Waals surface area contributed by atoms with Gasteiger partial charge in [-0.3, -0.25) is 4.90 Å². The van der Waals surface area contributed by atoms with Gasteiger partial charge in [-0.05, 0) is 41.1 Å². The fourth-order valence-corrected chi connectivity index (χ4v) is 5.38. The molecule has 2 fully saturated rings. The summed E-state index contributed by atoms with van der Waals surface area (Å²) in [5, 5.41) is 10.8. The molecule has 28 heavy (non-hydrogen) atoms. The second-order valence-corrected chi connectivity index (χ2v) is 10.1. The molecule has 0 spiro atoms. The average molecular weight is 531 g/mol. The third-order valence-electron chi connectivity index (χ3n) is 5.75. The van der Waals surface area contributed by atoms with Crippen LogP contribution in [0.5, 0.6) is 0 Å². The van der Waals surface area contributed by atoms with Gasteiger partial charge in [-0.2, -0.15) is 10.2 Å². The van der Waals surface area contributed by atoms with Crippen LogP contribution in [0.3, 0.4) is 0 Å². The molecule has 4 heterocycles. The van der Waals surface area contributed by atoms with Crippen molar-refractivity contribution in [2.24, 2.45) is 0 Å². The molecule has 0 saturated carbocycles. The summed E-state index contributed by atoms with van der Waals surface area (Å²) < 4.78 is 9.30. The maximum atomic E-state index is 6.65. The Bertz CT molecular complexity index is 1010.